The summed E-state index contributed by atoms with van der Waals surface area (Å²) in [5.41, 5.74) is 0. The van der Waals surface area contributed by atoms with E-state index in [1.165, 1.54) is 225 Å². The maximum Gasteiger partial charge on any atom is 0.472 e. The van der Waals surface area contributed by atoms with Crippen LogP contribution in [0.15, 0.2) is 0 Å². The monoisotopic (exact) mass is 1420 g/mol. The maximum absolute atomic E-state index is 13.1. The summed E-state index contributed by atoms with van der Waals surface area (Å²) in [4.78, 5) is 72.7. The van der Waals surface area contributed by atoms with Crippen LogP contribution in [0.25, 0.3) is 0 Å². The van der Waals surface area contributed by atoms with Crippen LogP contribution < -0.4 is 0 Å². The molecule has 0 spiro atoms. The van der Waals surface area contributed by atoms with Gasteiger partial charge < -0.3 is 33.8 Å². The fourth-order valence-electron chi connectivity index (χ4n) is 12.1. The molecule has 0 aromatic carbocycles. The van der Waals surface area contributed by atoms with Gasteiger partial charge in [-0.25, -0.2) is 9.13 Å². The lowest BCUT2D eigenvalue weighted by molar-refractivity contribution is -0.161. The zero-order valence-electron chi connectivity index (χ0n) is 63.2. The summed E-state index contributed by atoms with van der Waals surface area (Å²) < 4.78 is 68.5. The third-order valence-corrected chi connectivity index (χ3v) is 20.2. The second kappa shape index (κ2) is 71.1. The molecule has 0 rings (SSSR count). The third-order valence-electron chi connectivity index (χ3n) is 18.3. The fraction of sp³-hybridized carbons (Fsp3) is 0.949. The van der Waals surface area contributed by atoms with Crippen molar-refractivity contribution < 1.29 is 80.2 Å². The Labute approximate surface area is 594 Å². The minimum absolute atomic E-state index is 0.108. The van der Waals surface area contributed by atoms with Crippen LogP contribution in [0.4, 0.5) is 0 Å². The van der Waals surface area contributed by atoms with Crippen LogP contribution >= 0.6 is 15.6 Å². The Balaban J connectivity index is 5.18. The van der Waals surface area contributed by atoms with Gasteiger partial charge in [0.05, 0.1) is 26.4 Å². The van der Waals surface area contributed by atoms with Crippen LogP contribution in [-0.4, -0.2) is 96.7 Å². The average molecular weight is 1420 g/mol. The van der Waals surface area contributed by atoms with Crippen LogP contribution in [0.2, 0.25) is 0 Å². The topological polar surface area (TPSA) is 237 Å². The Morgan fingerprint density at radius 1 is 0.278 bits per heavy atom. The molecular formula is C78H152O17P2. The van der Waals surface area contributed by atoms with Crippen LogP contribution in [0, 0.1) is 5.92 Å². The molecule has 0 aromatic heterocycles. The number of unbranched alkanes of at least 4 members (excludes halogenated alkanes) is 50. The molecule has 19 heteroatoms. The molecule has 3 N–H and O–H groups in total. The van der Waals surface area contributed by atoms with Gasteiger partial charge in [0.1, 0.15) is 19.3 Å². The number of rotatable bonds is 78. The number of carbonyl (C=O) groups is 4. The first kappa shape index (κ1) is 95.1. The summed E-state index contributed by atoms with van der Waals surface area (Å²) in [6.45, 7) is 7.29. The second-order valence-corrected chi connectivity index (χ2v) is 31.5. The molecule has 0 heterocycles. The number of phosphoric acid groups is 2. The van der Waals surface area contributed by atoms with Crippen molar-refractivity contribution in [1.29, 1.82) is 0 Å². The summed E-state index contributed by atoms with van der Waals surface area (Å²) >= 11 is 0. The Hall–Kier alpha value is -1.94. The molecule has 17 nitrogen and oxygen atoms in total. The molecule has 576 valence electrons. The van der Waals surface area contributed by atoms with Gasteiger partial charge in [-0.2, -0.15) is 0 Å². The number of hydrogen-bond acceptors (Lipinski definition) is 15. The molecule has 97 heavy (non-hydrogen) atoms. The lowest BCUT2D eigenvalue weighted by Crippen LogP contribution is -2.30. The Morgan fingerprint density at radius 2 is 0.474 bits per heavy atom. The highest BCUT2D eigenvalue weighted by Crippen LogP contribution is 2.45. The highest BCUT2D eigenvalue weighted by molar-refractivity contribution is 7.47. The molecule has 0 aliphatic carbocycles. The first-order chi connectivity index (χ1) is 47.0. The predicted molar refractivity (Wildman–Crippen MR) is 395 cm³/mol. The molecule has 0 aromatic rings. The first-order valence-electron chi connectivity index (χ1n) is 40.6. The van der Waals surface area contributed by atoms with Crippen molar-refractivity contribution in [1.82, 2.24) is 0 Å². The largest absolute Gasteiger partial charge is 0.472 e. The van der Waals surface area contributed by atoms with Crippen molar-refractivity contribution in [3.63, 3.8) is 0 Å². The highest BCUT2D eigenvalue weighted by Gasteiger charge is 2.30. The first-order valence-corrected chi connectivity index (χ1v) is 43.6. The summed E-state index contributed by atoms with van der Waals surface area (Å²) in [7, 11) is -9.91. The molecule has 0 saturated carbocycles. The van der Waals surface area contributed by atoms with Crippen molar-refractivity contribution in [3.05, 3.63) is 0 Å². The van der Waals surface area contributed by atoms with Gasteiger partial charge in [0, 0.05) is 25.7 Å². The van der Waals surface area contributed by atoms with Crippen molar-refractivity contribution in [2.24, 2.45) is 5.92 Å². The normalized spacial score (nSPS) is 13.9. The molecule has 0 aliphatic heterocycles. The van der Waals surface area contributed by atoms with E-state index in [2.05, 4.69) is 34.6 Å². The van der Waals surface area contributed by atoms with E-state index in [0.29, 0.717) is 25.7 Å². The molecule has 0 amide bonds. The maximum atomic E-state index is 13.1. The van der Waals surface area contributed by atoms with E-state index in [4.69, 9.17) is 37.0 Å². The van der Waals surface area contributed by atoms with Crippen molar-refractivity contribution >= 4 is 39.5 Å². The van der Waals surface area contributed by atoms with E-state index in [1.807, 2.05) is 0 Å². The number of aliphatic hydroxyl groups excluding tert-OH is 1. The van der Waals surface area contributed by atoms with E-state index < -0.39 is 97.5 Å². The molecule has 0 radical (unpaired) electrons. The van der Waals surface area contributed by atoms with E-state index >= 15 is 0 Å². The van der Waals surface area contributed by atoms with Gasteiger partial charge in [0.25, 0.3) is 0 Å². The van der Waals surface area contributed by atoms with Crippen molar-refractivity contribution in [2.45, 2.75) is 432 Å². The average Bonchev–Trinajstić information content (AvgIpc) is 1.27. The van der Waals surface area contributed by atoms with E-state index in [-0.39, 0.29) is 25.7 Å². The zero-order valence-corrected chi connectivity index (χ0v) is 65.0. The number of ether oxygens (including phenoxy) is 4. The smallest absolute Gasteiger partial charge is 0.462 e. The van der Waals surface area contributed by atoms with Gasteiger partial charge in [-0.1, -0.05) is 362 Å². The molecular weight excluding hydrogens is 1270 g/mol. The van der Waals surface area contributed by atoms with Crippen molar-refractivity contribution in [3.8, 4) is 0 Å². The number of phosphoric ester groups is 2. The minimum Gasteiger partial charge on any atom is -0.462 e. The quantitative estimate of drug-likeness (QED) is 0.0222. The molecule has 2 unspecified atom stereocenters. The minimum atomic E-state index is -4.96. The lowest BCUT2D eigenvalue weighted by atomic mass is 10.0. The summed E-state index contributed by atoms with van der Waals surface area (Å²) in [5, 5.41) is 10.6. The lowest BCUT2D eigenvalue weighted by Gasteiger charge is -2.21. The molecule has 0 bridgehead atoms. The van der Waals surface area contributed by atoms with Gasteiger partial charge in [0.15, 0.2) is 12.2 Å². The van der Waals surface area contributed by atoms with Crippen LogP contribution in [0.5, 0.6) is 0 Å². The van der Waals surface area contributed by atoms with Crippen LogP contribution in [-0.2, 0) is 65.4 Å². The Morgan fingerprint density at radius 3 is 0.701 bits per heavy atom. The molecule has 0 fully saturated rings. The fourth-order valence-corrected chi connectivity index (χ4v) is 13.6. The van der Waals surface area contributed by atoms with Crippen molar-refractivity contribution in [2.75, 3.05) is 39.6 Å². The molecule has 5 atom stereocenters. The van der Waals surface area contributed by atoms with E-state index in [9.17, 15) is 43.2 Å². The number of aliphatic hydroxyl groups is 1. The Bertz CT molecular complexity index is 1860. The summed E-state index contributed by atoms with van der Waals surface area (Å²) in [5.74, 6) is -1.32. The van der Waals surface area contributed by atoms with E-state index in [0.717, 1.165) is 109 Å². The summed E-state index contributed by atoms with van der Waals surface area (Å²) in [6.07, 6.45) is 61.2. The standard InChI is InChI=1S/C78H152O17P2/c1-6-9-12-15-18-20-22-24-25-26-27-28-29-30-36-40-44-49-54-59-64-78(83)95-74(68-89-76(81)62-57-52-47-42-38-35-32-31-34-37-41-46-50-55-60-71(4)5)70-93-97(86,87)91-66-72(79)65-90-96(84,85)92-69-73(67-88-75(80)61-56-51-45-17-14-11-8-3)94-77(82)63-58-53-48-43-39-33-23-21-19-16-13-10-7-2/h71-74,79H,6-70H2,1-5H3,(H,84,85)(H,86,87)/t72-,73+,74+/m0/s1. The van der Waals surface area contributed by atoms with Gasteiger partial charge in [-0.15, -0.1) is 0 Å². The molecule has 0 aliphatic rings. The zero-order chi connectivity index (χ0) is 71.2. The van der Waals surface area contributed by atoms with Gasteiger partial charge in [0.2, 0.25) is 0 Å². The number of carbonyl (C=O) groups excluding carboxylic acids is 4. The van der Waals surface area contributed by atoms with Crippen LogP contribution in [0.1, 0.15) is 413 Å². The van der Waals surface area contributed by atoms with Gasteiger partial charge >= 0.3 is 39.5 Å². The predicted octanol–water partition coefficient (Wildman–Crippen LogP) is 23.3. The Kier molecular flexibility index (Phi) is 69.6. The second-order valence-electron chi connectivity index (χ2n) is 28.6. The van der Waals surface area contributed by atoms with Crippen LogP contribution in [0.3, 0.4) is 0 Å². The van der Waals surface area contributed by atoms with Gasteiger partial charge in [-0.3, -0.25) is 37.3 Å². The highest BCUT2D eigenvalue weighted by atomic mass is 31.2. The third kappa shape index (κ3) is 72.2. The SMILES string of the molecule is CCCCCCCCCCCCCCCCCCCCCCC(=O)O[C@H](COC(=O)CCCCCCCCCCCCCCCCC(C)C)COP(=O)(O)OC[C@@H](O)COP(=O)(O)OC[C@@H](COC(=O)CCCCCCCCC)OC(=O)CCCCCCCCCCCCCCC. The molecule has 0 saturated heterocycles. The van der Waals surface area contributed by atoms with Gasteiger partial charge in [-0.05, 0) is 31.6 Å². The number of esters is 4. The number of hydrogen-bond donors (Lipinski definition) is 3. The van der Waals surface area contributed by atoms with E-state index in [1.54, 1.807) is 0 Å². The summed E-state index contributed by atoms with van der Waals surface area (Å²) in [6, 6.07) is 0.